The number of halogens is 1. The van der Waals surface area contributed by atoms with Gasteiger partial charge in [0.2, 0.25) is 15.8 Å². The van der Waals surface area contributed by atoms with Crippen LogP contribution >= 0.6 is 0 Å². The predicted octanol–water partition coefficient (Wildman–Crippen LogP) is 2.98. The van der Waals surface area contributed by atoms with Crippen LogP contribution in [0.1, 0.15) is 40.0 Å². The van der Waals surface area contributed by atoms with E-state index in [1.807, 2.05) is 20.8 Å². The maximum Gasteiger partial charge on any atom is 0.324 e. The summed E-state index contributed by atoms with van der Waals surface area (Å²) < 4.78 is 40.9. The molecule has 0 amide bonds. The van der Waals surface area contributed by atoms with Crippen molar-refractivity contribution in [3.8, 4) is 0 Å². The van der Waals surface area contributed by atoms with Crippen molar-refractivity contribution in [1.82, 2.24) is 4.72 Å². The number of para-hydroxylation sites is 1. The lowest BCUT2D eigenvalue weighted by Gasteiger charge is -2.31. The number of sulfonamides is 1. The average molecular weight is 318 g/mol. The standard InChI is InChI=1S/C13H19FN2O4S/c1-4-13(5-2,6-3)15-21(19,20)11-9-7-8-10(14)12(11)16(17)18/h7-9,15H,4-6H2,1-3H3. The normalized spacial score (nSPS) is 12.4. The molecule has 0 aromatic heterocycles. The molecule has 0 aliphatic carbocycles. The topological polar surface area (TPSA) is 89.3 Å². The zero-order valence-electron chi connectivity index (χ0n) is 12.2. The van der Waals surface area contributed by atoms with Crippen LogP contribution in [0.4, 0.5) is 10.1 Å². The number of nitrogens with one attached hydrogen (secondary N) is 1. The van der Waals surface area contributed by atoms with E-state index in [1.165, 1.54) is 0 Å². The Hall–Kier alpha value is -1.54. The summed E-state index contributed by atoms with van der Waals surface area (Å²) in [6.07, 6.45) is 1.59. The van der Waals surface area contributed by atoms with Gasteiger partial charge in [0.1, 0.15) is 0 Å². The second kappa shape index (κ2) is 6.48. The lowest BCUT2D eigenvalue weighted by Crippen LogP contribution is -2.47. The van der Waals surface area contributed by atoms with Crippen LogP contribution in [-0.4, -0.2) is 18.9 Å². The molecule has 0 aliphatic heterocycles. The van der Waals surface area contributed by atoms with Gasteiger partial charge in [-0.25, -0.2) is 13.1 Å². The summed E-state index contributed by atoms with van der Waals surface area (Å²) in [5.74, 6) is -1.17. The van der Waals surface area contributed by atoms with Crippen molar-refractivity contribution < 1.29 is 17.7 Å². The van der Waals surface area contributed by atoms with Crippen LogP contribution < -0.4 is 4.72 Å². The van der Waals surface area contributed by atoms with Gasteiger partial charge >= 0.3 is 5.69 Å². The Labute approximate surface area is 123 Å². The van der Waals surface area contributed by atoms with Crippen molar-refractivity contribution in [2.45, 2.75) is 50.5 Å². The summed E-state index contributed by atoms with van der Waals surface area (Å²) in [5.41, 5.74) is -1.72. The highest BCUT2D eigenvalue weighted by molar-refractivity contribution is 7.89. The maximum absolute atomic E-state index is 13.6. The summed E-state index contributed by atoms with van der Waals surface area (Å²) in [5, 5.41) is 10.9. The molecule has 0 aliphatic rings. The van der Waals surface area contributed by atoms with Gasteiger partial charge in [0, 0.05) is 5.54 Å². The molecule has 21 heavy (non-hydrogen) atoms. The van der Waals surface area contributed by atoms with E-state index in [2.05, 4.69) is 4.72 Å². The molecule has 0 atom stereocenters. The van der Waals surface area contributed by atoms with E-state index >= 15 is 0 Å². The molecule has 0 fully saturated rings. The predicted molar refractivity (Wildman–Crippen MR) is 77.0 cm³/mol. The summed E-state index contributed by atoms with van der Waals surface area (Å²) in [6.45, 7) is 5.49. The minimum atomic E-state index is -4.18. The van der Waals surface area contributed by atoms with E-state index in [4.69, 9.17) is 0 Å². The van der Waals surface area contributed by atoms with Crippen LogP contribution in [0.2, 0.25) is 0 Å². The monoisotopic (exact) mass is 318 g/mol. The van der Waals surface area contributed by atoms with Gasteiger partial charge in [0.05, 0.1) is 4.92 Å². The van der Waals surface area contributed by atoms with Crippen LogP contribution in [0.15, 0.2) is 23.1 Å². The van der Waals surface area contributed by atoms with Crippen LogP contribution in [0.5, 0.6) is 0 Å². The molecule has 0 unspecified atom stereocenters. The molecule has 6 nitrogen and oxygen atoms in total. The Morgan fingerprint density at radius 1 is 1.24 bits per heavy atom. The molecular formula is C13H19FN2O4S. The summed E-state index contributed by atoms with van der Waals surface area (Å²) in [7, 11) is -4.18. The minimum Gasteiger partial charge on any atom is -0.258 e. The highest BCUT2D eigenvalue weighted by Crippen LogP contribution is 2.29. The molecule has 0 saturated carbocycles. The van der Waals surface area contributed by atoms with Gasteiger partial charge in [-0.1, -0.05) is 26.8 Å². The molecule has 0 heterocycles. The van der Waals surface area contributed by atoms with E-state index in [0.29, 0.717) is 19.3 Å². The summed E-state index contributed by atoms with van der Waals surface area (Å²) in [4.78, 5) is 9.27. The van der Waals surface area contributed by atoms with Gasteiger partial charge in [-0.3, -0.25) is 10.1 Å². The third-order valence-electron chi connectivity index (χ3n) is 3.80. The van der Waals surface area contributed by atoms with Crippen molar-refractivity contribution >= 4 is 15.7 Å². The van der Waals surface area contributed by atoms with Crippen molar-refractivity contribution in [2.24, 2.45) is 0 Å². The maximum atomic E-state index is 13.6. The fourth-order valence-electron chi connectivity index (χ4n) is 2.20. The van der Waals surface area contributed by atoms with Gasteiger partial charge in [0.15, 0.2) is 4.90 Å². The number of hydrogen-bond acceptors (Lipinski definition) is 4. The van der Waals surface area contributed by atoms with E-state index in [9.17, 15) is 22.9 Å². The number of nitro benzene ring substituents is 1. The molecule has 8 heteroatoms. The quantitative estimate of drug-likeness (QED) is 0.618. The number of benzene rings is 1. The number of nitrogens with zero attached hydrogens (tertiary/aromatic N) is 1. The van der Waals surface area contributed by atoms with Gasteiger partial charge in [0.25, 0.3) is 0 Å². The highest BCUT2D eigenvalue weighted by atomic mass is 32.2. The SMILES string of the molecule is CCC(CC)(CC)NS(=O)(=O)c1cccc(F)c1[N+](=O)[O-]. The van der Waals surface area contributed by atoms with Crippen LogP contribution in [0.3, 0.4) is 0 Å². The second-order valence-corrected chi connectivity index (χ2v) is 6.44. The zero-order chi connectivity index (χ0) is 16.3. The largest absolute Gasteiger partial charge is 0.324 e. The first-order chi connectivity index (χ1) is 9.73. The van der Waals surface area contributed by atoms with Gasteiger partial charge in [-0.2, -0.15) is 4.39 Å². The average Bonchev–Trinajstić information content (AvgIpc) is 2.44. The second-order valence-electron chi connectivity index (χ2n) is 4.79. The zero-order valence-corrected chi connectivity index (χ0v) is 13.0. The Balaban J connectivity index is 3.39. The Morgan fingerprint density at radius 2 is 1.76 bits per heavy atom. The van der Waals surface area contributed by atoms with E-state index in [-0.39, 0.29) is 0 Å². The molecule has 1 rings (SSSR count). The van der Waals surface area contributed by atoms with Crippen molar-refractivity contribution in [3.05, 3.63) is 34.1 Å². The van der Waals surface area contributed by atoms with E-state index < -0.39 is 36.9 Å². The lowest BCUT2D eigenvalue weighted by atomic mass is 9.91. The first kappa shape index (κ1) is 17.5. The van der Waals surface area contributed by atoms with Crippen LogP contribution in [0.25, 0.3) is 0 Å². The van der Waals surface area contributed by atoms with Crippen LogP contribution in [-0.2, 0) is 10.0 Å². The van der Waals surface area contributed by atoms with Crippen LogP contribution in [0, 0.1) is 15.9 Å². The molecule has 0 spiro atoms. The third-order valence-corrected chi connectivity index (χ3v) is 5.41. The number of hydrogen-bond donors (Lipinski definition) is 1. The Bertz CT molecular complexity index is 619. The Kier molecular flexibility index (Phi) is 5.41. The fourth-order valence-corrected chi connectivity index (χ4v) is 3.99. The number of rotatable bonds is 7. The molecular weight excluding hydrogens is 299 g/mol. The van der Waals surface area contributed by atoms with Gasteiger partial charge in [-0.05, 0) is 31.4 Å². The van der Waals surface area contributed by atoms with Crippen molar-refractivity contribution in [2.75, 3.05) is 0 Å². The molecule has 1 aromatic rings. The van der Waals surface area contributed by atoms with E-state index in [1.54, 1.807) is 0 Å². The molecule has 1 aromatic carbocycles. The van der Waals surface area contributed by atoms with Crippen molar-refractivity contribution in [1.29, 1.82) is 0 Å². The fraction of sp³-hybridized carbons (Fsp3) is 0.538. The van der Waals surface area contributed by atoms with E-state index in [0.717, 1.165) is 18.2 Å². The van der Waals surface area contributed by atoms with Gasteiger partial charge < -0.3 is 0 Å². The number of nitro groups is 1. The summed E-state index contributed by atoms with van der Waals surface area (Å²) in [6, 6.07) is 3.04. The summed E-state index contributed by atoms with van der Waals surface area (Å²) >= 11 is 0. The third kappa shape index (κ3) is 3.56. The van der Waals surface area contributed by atoms with Gasteiger partial charge in [-0.15, -0.1) is 0 Å². The first-order valence-electron chi connectivity index (χ1n) is 6.70. The first-order valence-corrected chi connectivity index (χ1v) is 8.18. The van der Waals surface area contributed by atoms with Crippen molar-refractivity contribution in [3.63, 3.8) is 0 Å². The molecule has 0 saturated heterocycles. The highest BCUT2D eigenvalue weighted by Gasteiger charge is 2.35. The molecule has 1 N–H and O–H groups in total. The molecule has 0 bridgehead atoms. The minimum absolute atomic E-state index is 0.530. The molecule has 0 radical (unpaired) electrons. The lowest BCUT2D eigenvalue weighted by molar-refractivity contribution is -0.390. The molecule has 118 valence electrons. The Morgan fingerprint density at radius 3 is 2.19 bits per heavy atom. The smallest absolute Gasteiger partial charge is 0.258 e.